The third kappa shape index (κ3) is 5.44. The van der Waals surface area contributed by atoms with E-state index in [1.54, 1.807) is 4.57 Å². The predicted octanol–water partition coefficient (Wildman–Crippen LogP) is 6.21. The summed E-state index contributed by atoms with van der Waals surface area (Å²) in [5.41, 5.74) is 6.13. The van der Waals surface area contributed by atoms with Crippen molar-refractivity contribution in [3.05, 3.63) is 100 Å². The van der Waals surface area contributed by atoms with Gasteiger partial charge in [-0.2, -0.15) is 0 Å². The van der Waals surface area contributed by atoms with Crippen LogP contribution >= 0.6 is 11.3 Å². The summed E-state index contributed by atoms with van der Waals surface area (Å²) in [6, 6.07) is 18.8. The highest BCUT2D eigenvalue weighted by Gasteiger charge is 2.21. The Labute approximate surface area is 257 Å². The van der Waals surface area contributed by atoms with Gasteiger partial charge in [-0.25, -0.2) is 14.8 Å². The number of nitrogens with zero attached hydrogens (tertiary/aromatic N) is 6. The number of anilines is 1. The molecule has 6 aromatic rings. The number of thiazole rings is 1. The average molecular weight is 603 g/mol. The molecule has 10 heteroatoms. The SMILES string of the molecule is Cn1c(=O)sc2ccc(-c3cccc4cc(-c5ccc(CCC6CCN(c7ncc(C(=O)O)cn7)CC6)nc5)ncc34)cc21. The zero-order valence-electron chi connectivity index (χ0n) is 24.2. The van der Waals surface area contributed by atoms with E-state index in [1.807, 2.05) is 25.5 Å². The first-order chi connectivity index (χ1) is 21.4. The van der Waals surface area contributed by atoms with Gasteiger partial charge in [0, 0.05) is 61.6 Å². The Kier molecular flexibility index (Phi) is 7.35. The van der Waals surface area contributed by atoms with Crippen molar-refractivity contribution in [3.8, 4) is 22.4 Å². The second-order valence-corrected chi connectivity index (χ2v) is 12.3. The zero-order chi connectivity index (χ0) is 30.2. The largest absolute Gasteiger partial charge is 0.478 e. The first-order valence-corrected chi connectivity index (χ1v) is 15.5. The highest BCUT2D eigenvalue weighted by atomic mass is 32.1. The molecule has 7 rings (SSSR count). The fourth-order valence-electron chi connectivity index (χ4n) is 5.97. The fraction of sp³-hybridized carbons (Fsp3) is 0.235. The number of benzene rings is 2. The average Bonchev–Trinajstić information content (AvgIpc) is 3.35. The fourth-order valence-corrected chi connectivity index (χ4v) is 6.83. The van der Waals surface area contributed by atoms with Crippen molar-refractivity contribution in [1.29, 1.82) is 0 Å². The molecule has 0 spiro atoms. The Morgan fingerprint density at radius 3 is 2.48 bits per heavy atom. The number of fused-ring (bicyclic) bond motifs is 2. The number of hydrogen-bond acceptors (Lipinski definition) is 8. The molecule has 0 amide bonds. The Hall–Kier alpha value is -4.96. The normalized spacial score (nSPS) is 14.0. The molecule has 1 fully saturated rings. The molecule has 0 saturated carbocycles. The van der Waals surface area contributed by atoms with E-state index in [0.717, 1.165) is 87.8 Å². The van der Waals surface area contributed by atoms with Gasteiger partial charge in [0.2, 0.25) is 5.95 Å². The minimum atomic E-state index is -1.01. The molecule has 0 bridgehead atoms. The van der Waals surface area contributed by atoms with Crippen LogP contribution in [0.5, 0.6) is 0 Å². The molecule has 0 radical (unpaired) electrons. The molecule has 220 valence electrons. The molecular weight excluding hydrogens is 572 g/mol. The summed E-state index contributed by atoms with van der Waals surface area (Å²) in [6.45, 7) is 1.72. The highest BCUT2D eigenvalue weighted by molar-refractivity contribution is 7.16. The van der Waals surface area contributed by atoms with Gasteiger partial charge in [-0.1, -0.05) is 35.6 Å². The van der Waals surface area contributed by atoms with E-state index >= 15 is 0 Å². The van der Waals surface area contributed by atoms with E-state index in [4.69, 9.17) is 15.1 Å². The molecule has 0 atom stereocenters. The lowest BCUT2D eigenvalue weighted by Crippen LogP contribution is -2.35. The van der Waals surface area contributed by atoms with Gasteiger partial charge in [0.1, 0.15) is 0 Å². The summed E-state index contributed by atoms with van der Waals surface area (Å²) in [5, 5.41) is 11.2. The molecule has 9 nitrogen and oxygen atoms in total. The van der Waals surface area contributed by atoms with E-state index in [9.17, 15) is 9.59 Å². The lowest BCUT2D eigenvalue weighted by molar-refractivity contribution is 0.0696. The van der Waals surface area contributed by atoms with Gasteiger partial charge in [-0.3, -0.25) is 14.8 Å². The summed E-state index contributed by atoms with van der Waals surface area (Å²) < 4.78 is 2.69. The number of piperidine rings is 1. The molecule has 0 aliphatic carbocycles. The predicted molar refractivity (Wildman–Crippen MR) is 173 cm³/mol. The maximum atomic E-state index is 12.1. The maximum Gasteiger partial charge on any atom is 0.338 e. The van der Waals surface area contributed by atoms with Crippen molar-refractivity contribution in [1.82, 2.24) is 24.5 Å². The molecule has 1 N–H and O–H groups in total. The number of rotatable bonds is 7. The Bertz CT molecular complexity index is 2050. The lowest BCUT2D eigenvalue weighted by atomic mass is 9.91. The van der Waals surface area contributed by atoms with Gasteiger partial charge in [0.05, 0.1) is 21.5 Å². The number of hydrogen-bond donors (Lipinski definition) is 1. The Morgan fingerprint density at radius 2 is 1.73 bits per heavy atom. The topological polar surface area (TPSA) is 114 Å². The molecule has 0 unspecified atom stereocenters. The first kappa shape index (κ1) is 27.8. The first-order valence-electron chi connectivity index (χ1n) is 14.7. The molecule has 1 aliphatic heterocycles. The van der Waals surface area contributed by atoms with E-state index in [1.165, 1.54) is 23.7 Å². The number of carbonyl (C=O) groups is 1. The number of aryl methyl sites for hydroxylation is 2. The number of aromatic nitrogens is 5. The van der Waals surface area contributed by atoms with Crippen LogP contribution in [0.25, 0.3) is 43.4 Å². The highest BCUT2D eigenvalue weighted by Crippen LogP contribution is 2.33. The van der Waals surface area contributed by atoms with Crippen molar-refractivity contribution in [2.45, 2.75) is 25.7 Å². The third-order valence-electron chi connectivity index (χ3n) is 8.58. The van der Waals surface area contributed by atoms with Gasteiger partial charge in [0.15, 0.2) is 0 Å². The van der Waals surface area contributed by atoms with Gasteiger partial charge < -0.3 is 14.6 Å². The van der Waals surface area contributed by atoms with Crippen LogP contribution in [0.2, 0.25) is 0 Å². The molecule has 2 aromatic carbocycles. The summed E-state index contributed by atoms with van der Waals surface area (Å²) in [7, 11) is 1.81. The van der Waals surface area contributed by atoms with Crippen LogP contribution in [-0.4, -0.2) is 48.7 Å². The van der Waals surface area contributed by atoms with Gasteiger partial charge in [-0.15, -0.1) is 0 Å². The lowest BCUT2D eigenvalue weighted by Gasteiger charge is -2.32. The molecular formula is C34H30N6O3S. The summed E-state index contributed by atoms with van der Waals surface area (Å²) in [6.07, 6.45) is 10.7. The van der Waals surface area contributed by atoms with E-state index in [-0.39, 0.29) is 10.4 Å². The van der Waals surface area contributed by atoms with Crippen LogP contribution in [0.4, 0.5) is 5.95 Å². The van der Waals surface area contributed by atoms with Gasteiger partial charge in [-0.05, 0) is 78.4 Å². The number of pyridine rings is 2. The standard InChI is InChI=1S/C34H30N6O3S/c1-39-30-16-23(7-10-31(30)44-34(39)43)27-4-2-3-22-15-29(36-20-28(22)27)24-6-9-26(35-17-24)8-5-21-11-13-40(14-12-21)33-37-18-25(19-38-33)32(41)42/h2-4,6-7,9-10,15-21H,5,8,11-14H2,1H3,(H,41,42). The molecule has 1 saturated heterocycles. The van der Waals surface area contributed by atoms with Crippen molar-refractivity contribution in [3.63, 3.8) is 0 Å². The van der Waals surface area contributed by atoms with Crippen molar-refractivity contribution >= 4 is 44.2 Å². The summed E-state index contributed by atoms with van der Waals surface area (Å²) in [4.78, 5) is 43.4. The van der Waals surface area contributed by atoms with E-state index in [2.05, 4.69) is 63.4 Å². The molecule has 4 aromatic heterocycles. The Morgan fingerprint density at radius 1 is 0.932 bits per heavy atom. The van der Waals surface area contributed by atoms with Crippen LogP contribution in [0, 0.1) is 5.92 Å². The maximum absolute atomic E-state index is 12.1. The van der Waals surface area contributed by atoms with Crippen LogP contribution in [0.1, 0.15) is 35.3 Å². The van der Waals surface area contributed by atoms with Crippen LogP contribution in [0.15, 0.2) is 84.2 Å². The number of aromatic carboxylic acids is 1. The monoisotopic (exact) mass is 602 g/mol. The quantitative estimate of drug-likeness (QED) is 0.229. The minimum absolute atomic E-state index is 0.0425. The van der Waals surface area contributed by atoms with Crippen LogP contribution in [0.3, 0.4) is 0 Å². The Balaban J connectivity index is 0.999. The summed E-state index contributed by atoms with van der Waals surface area (Å²) >= 11 is 1.27. The second-order valence-electron chi connectivity index (χ2n) is 11.3. The number of carboxylic acid groups (broad SMARTS) is 1. The van der Waals surface area contributed by atoms with Gasteiger partial charge >= 0.3 is 10.8 Å². The molecule has 5 heterocycles. The van der Waals surface area contributed by atoms with E-state index in [0.29, 0.717) is 11.9 Å². The van der Waals surface area contributed by atoms with Crippen molar-refractivity contribution in [2.75, 3.05) is 18.0 Å². The minimum Gasteiger partial charge on any atom is -0.478 e. The van der Waals surface area contributed by atoms with Crippen molar-refractivity contribution in [2.24, 2.45) is 13.0 Å². The van der Waals surface area contributed by atoms with Crippen LogP contribution in [-0.2, 0) is 13.5 Å². The molecule has 44 heavy (non-hydrogen) atoms. The molecule has 1 aliphatic rings. The van der Waals surface area contributed by atoms with E-state index < -0.39 is 5.97 Å². The van der Waals surface area contributed by atoms with Crippen LogP contribution < -0.4 is 9.77 Å². The van der Waals surface area contributed by atoms with Gasteiger partial charge in [0.25, 0.3) is 0 Å². The number of carboxylic acids is 1. The second kappa shape index (κ2) is 11.6. The third-order valence-corrected chi connectivity index (χ3v) is 9.59. The summed E-state index contributed by atoms with van der Waals surface area (Å²) in [5.74, 6) is 0.184. The zero-order valence-corrected chi connectivity index (χ0v) is 25.0. The van der Waals surface area contributed by atoms with Crippen molar-refractivity contribution < 1.29 is 9.90 Å². The smallest absolute Gasteiger partial charge is 0.338 e.